The highest BCUT2D eigenvalue weighted by molar-refractivity contribution is 5.00. The van der Waals surface area contributed by atoms with Gasteiger partial charge in [0.05, 0.1) is 12.0 Å². The van der Waals surface area contributed by atoms with E-state index in [2.05, 4.69) is 18.0 Å². The summed E-state index contributed by atoms with van der Waals surface area (Å²) in [4.78, 5) is 2.22. The second kappa shape index (κ2) is 3.28. The minimum absolute atomic E-state index is 0.0847. The maximum absolute atomic E-state index is 8.87. The smallest absolute Gasteiger partial charge is 0.122 e. The van der Waals surface area contributed by atoms with Gasteiger partial charge in [-0.2, -0.15) is 5.26 Å². The molecule has 0 amide bonds. The summed E-state index contributed by atoms with van der Waals surface area (Å²) in [6.45, 7) is 1.74. The van der Waals surface area contributed by atoms with Crippen molar-refractivity contribution in [3.63, 3.8) is 0 Å². The van der Waals surface area contributed by atoms with Gasteiger partial charge in [-0.05, 0) is 26.3 Å². The molecule has 2 atom stereocenters. The molecule has 2 heterocycles. The number of hydrogen-bond donors (Lipinski definition) is 0. The zero-order valence-corrected chi connectivity index (χ0v) is 8.12. The summed E-state index contributed by atoms with van der Waals surface area (Å²) < 4.78 is 5.85. The van der Waals surface area contributed by atoms with Gasteiger partial charge in [0.2, 0.25) is 0 Å². The Kier molecular flexibility index (Phi) is 2.27. The van der Waals surface area contributed by atoms with Crippen LogP contribution in [0.2, 0.25) is 0 Å². The molecule has 0 aromatic heterocycles. The molecule has 2 aliphatic heterocycles. The van der Waals surface area contributed by atoms with Crippen LogP contribution in [0, 0.1) is 17.2 Å². The molecule has 2 fully saturated rings. The van der Waals surface area contributed by atoms with Crippen LogP contribution in [0.1, 0.15) is 25.7 Å². The number of likely N-dealkylation sites (tertiary alicyclic amines) is 1. The van der Waals surface area contributed by atoms with Gasteiger partial charge in [0.15, 0.2) is 0 Å². The van der Waals surface area contributed by atoms with Crippen LogP contribution in [0.4, 0.5) is 0 Å². The van der Waals surface area contributed by atoms with Gasteiger partial charge in [0.25, 0.3) is 0 Å². The molecule has 0 aromatic rings. The average molecular weight is 180 g/mol. The molecule has 72 valence electrons. The SMILES string of the molecule is CN1CC(C#N)C[C@@]12CCCCO2. The summed E-state index contributed by atoms with van der Waals surface area (Å²) in [6, 6.07) is 2.34. The van der Waals surface area contributed by atoms with Crippen molar-refractivity contribution in [3.8, 4) is 6.07 Å². The maximum atomic E-state index is 8.87. The Morgan fingerprint density at radius 3 is 2.92 bits per heavy atom. The summed E-state index contributed by atoms with van der Waals surface area (Å²) in [5, 5.41) is 8.87. The highest BCUT2D eigenvalue weighted by Gasteiger charge is 2.45. The lowest BCUT2D eigenvalue weighted by Crippen LogP contribution is -2.46. The third kappa shape index (κ3) is 1.45. The zero-order valence-electron chi connectivity index (χ0n) is 8.12. The Bertz CT molecular complexity index is 228. The summed E-state index contributed by atoms with van der Waals surface area (Å²) in [7, 11) is 2.07. The van der Waals surface area contributed by atoms with E-state index in [9.17, 15) is 0 Å². The summed E-state index contributed by atoms with van der Waals surface area (Å²) in [5.74, 6) is 0.170. The first-order valence-corrected chi connectivity index (χ1v) is 5.02. The highest BCUT2D eigenvalue weighted by atomic mass is 16.5. The summed E-state index contributed by atoms with van der Waals surface area (Å²) >= 11 is 0. The van der Waals surface area contributed by atoms with Crippen molar-refractivity contribution in [2.24, 2.45) is 5.92 Å². The predicted octanol–water partition coefficient (Wildman–Crippen LogP) is 1.36. The second-order valence-corrected chi connectivity index (χ2v) is 4.16. The van der Waals surface area contributed by atoms with Crippen LogP contribution in [-0.4, -0.2) is 30.8 Å². The lowest BCUT2D eigenvalue weighted by Gasteiger charge is -2.39. The van der Waals surface area contributed by atoms with Crippen molar-refractivity contribution in [1.29, 1.82) is 5.26 Å². The molecule has 3 nitrogen and oxygen atoms in total. The molecule has 2 saturated heterocycles. The number of rotatable bonds is 0. The van der Waals surface area contributed by atoms with Crippen LogP contribution < -0.4 is 0 Å². The Balaban J connectivity index is 2.09. The van der Waals surface area contributed by atoms with Crippen molar-refractivity contribution < 1.29 is 4.74 Å². The van der Waals surface area contributed by atoms with Crippen LogP contribution in [0.5, 0.6) is 0 Å². The van der Waals surface area contributed by atoms with Crippen LogP contribution in [-0.2, 0) is 4.74 Å². The van der Waals surface area contributed by atoms with E-state index in [0.29, 0.717) is 0 Å². The van der Waals surface area contributed by atoms with Crippen LogP contribution in [0.3, 0.4) is 0 Å². The molecule has 13 heavy (non-hydrogen) atoms. The molecular weight excluding hydrogens is 164 g/mol. The Morgan fingerprint density at radius 2 is 2.38 bits per heavy atom. The summed E-state index contributed by atoms with van der Waals surface area (Å²) in [5.41, 5.74) is -0.0847. The van der Waals surface area contributed by atoms with Gasteiger partial charge in [-0.25, -0.2) is 0 Å². The minimum Gasteiger partial charge on any atom is -0.360 e. The van der Waals surface area contributed by atoms with Gasteiger partial charge < -0.3 is 4.74 Å². The maximum Gasteiger partial charge on any atom is 0.122 e. The number of ether oxygens (including phenoxy) is 1. The van der Waals surface area contributed by atoms with Gasteiger partial charge in [0, 0.05) is 19.6 Å². The summed E-state index contributed by atoms with van der Waals surface area (Å²) in [6.07, 6.45) is 4.41. The molecule has 0 bridgehead atoms. The van der Waals surface area contributed by atoms with Gasteiger partial charge in [0.1, 0.15) is 5.72 Å². The molecule has 3 heteroatoms. The molecule has 1 spiro atoms. The van der Waals surface area contributed by atoms with Crippen LogP contribution in [0.15, 0.2) is 0 Å². The molecule has 2 rings (SSSR count). The van der Waals surface area contributed by atoms with E-state index in [4.69, 9.17) is 10.00 Å². The molecule has 0 N–H and O–H groups in total. The van der Waals surface area contributed by atoms with Crippen molar-refractivity contribution in [3.05, 3.63) is 0 Å². The first-order valence-electron chi connectivity index (χ1n) is 5.02. The van der Waals surface area contributed by atoms with E-state index < -0.39 is 0 Å². The largest absolute Gasteiger partial charge is 0.360 e. The van der Waals surface area contributed by atoms with Crippen molar-refractivity contribution >= 4 is 0 Å². The van der Waals surface area contributed by atoms with Gasteiger partial charge in [-0.1, -0.05) is 0 Å². The van der Waals surface area contributed by atoms with E-state index in [1.165, 1.54) is 12.8 Å². The van der Waals surface area contributed by atoms with Crippen molar-refractivity contribution in [2.75, 3.05) is 20.2 Å². The molecule has 0 aliphatic carbocycles. The first-order chi connectivity index (χ1) is 6.27. The topological polar surface area (TPSA) is 36.3 Å². The average Bonchev–Trinajstić information content (AvgIpc) is 2.45. The van der Waals surface area contributed by atoms with Gasteiger partial charge >= 0.3 is 0 Å². The fraction of sp³-hybridized carbons (Fsp3) is 0.900. The van der Waals surface area contributed by atoms with E-state index >= 15 is 0 Å². The Hall–Kier alpha value is -0.590. The monoisotopic (exact) mass is 180 g/mol. The molecule has 0 saturated carbocycles. The second-order valence-electron chi connectivity index (χ2n) is 4.16. The highest BCUT2D eigenvalue weighted by Crippen LogP contribution is 2.39. The molecule has 0 aromatic carbocycles. The number of nitriles is 1. The Morgan fingerprint density at radius 1 is 1.54 bits per heavy atom. The fourth-order valence-electron chi connectivity index (χ4n) is 2.49. The standard InChI is InChI=1S/C10H16N2O/c1-12-8-9(7-11)6-10(12)4-2-3-5-13-10/h9H,2-6,8H2,1H3/t9?,10-/m0/s1. The predicted molar refractivity (Wildman–Crippen MR) is 48.9 cm³/mol. The Labute approximate surface area is 79.3 Å². The minimum atomic E-state index is -0.0847. The van der Waals surface area contributed by atoms with E-state index in [0.717, 1.165) is 26.0 Å². The molecule has 1 unspecified atom stereocenters. The third-order valence-corrected chi connectivity index (χ3v) is 3.27. The molecule has 2 aliphatic rings. The van der Waals surface area contributed by atoms with Crippen LogP contribution >= 0.6 is 0 Å². The zero-order chi connectivity index (χ0) is 9.31. The van der Waals surface area contributed by atoms with Gasteiger partial charge in [-0.15, -0.1) is 0 Å². The third-order valence-electron chi connectivity index (χ3n) is 3.27. The molecular formula is C10H16N2O. The van der Waals surface area contributed by atoms with Crippen LogP contribution in [0.25, 0.3) is 0 Å². The van der Waals surface area contributed by atoms with Gasteiger partial charge in [-0.3, -0.25) is 4.90 Å². The quantitative estimate of drug-likeness (QED) is 0.564. The van der Waals surface area contributed by atoms with Crippen molar-refractivity contribution in [1.82, 2.24) is 4.90 Å². The van der Waals surface area contributed by atoms with E-state index in [1.807, 2.05) is 0 Å². The van der Waals surface area contributed by atoms with E-state index in [-0.39, 0.29) is 11.6 Å². The number of nitrogens with zero attached hydrogens (tertiary/aromatic N) is 2. The fourth-order valence-corrected chi connectivity index (χ4v) is 2.49. The normalized spacial score (nSPS) is 40.8. The molecule has 0 radical (unpaired) electrons. The van der Waals surface area contributed by atoms with E-state index in [1.54, 1.807) is 0 Å². The lowest BCUT2D eigenvalue weighted by molar-refractivity contribution is -0.152. The number of hydrogen-bond acceptors (Lipinski definition) is 3. The lowest BCUT2D eigenvalue weighted by atomic mass is 9.97. The van der Waals surface area contributed by atoms with Crippen molar-refractivity contribution in [2.45, 2.75) is 31.4 Å². The first kappa shape index (κ1) is 8.98.